The first-order valence-electron chi connectivity index (χ1n) is 9.81. The number of nitrogens with one attached hydrogen (secondary N) is 1. The number of hydrogen-bond donors (Lipinski definition) is 1. The number of nitrogens with zero attached hydrogens (tertiary/aromatic N) is 1. The number of carbonyl (C=O) groups excluding carboxylic acids is 2. The third-order valence-electron chi connectivity index (χ3n) is 4.64. The molecule has 4 nitrogen and oxygen atoms in total. The Labute approximate surface area is 166 Å². The van der Waals surface area contributed by atoms with Crippen molar-refractivity contribution < 1.29 is 14.0 Å². The van der Waals surface area contributed by atoms with Crippen molar-refractivity contribution in [3.63, 3.8) is 0 Å². The first-order chi connectivity index (χ1) is 13.4. The topological polar surface area (TPSA) is 49.4 Å². The molecule has 0 bridgehead atoms. The van der Waals surface area contributed by atoms with E-state index in [0.29, 0.717) is 13.0 Å². The number of carbonyl (C=O) groups is 2. The number of amides is 2. The predicted octanol–water partition coefficient (Wildman–Crippen LogP) is 4.01. The second kappa shape index (κ2) is 10.6. The zero-order valence-electron chi connectivity index (χ0n) is 16.9. The fourth-order valence-electron chi connectivity index (χ4n) is 3.17. The molecule has 0 aliphatic heterocycles. The third-order valence-corrected chi connectivity index (χ3v) is 4.64. The van der Waals surface area contributed by atoms with Gasteiger partial charge in [0.1, 0.15) is 11.9 Å². The Morgan fingerprint density at radius 3 is 2.39 bits per heavy atom. The van der Waals surface area contributed by atoms with E-state index in [-0.39, 0.29) is 30.6 Å². The van der Waals surface area contributed by atoms with Gasteiger partial charge in [-0.25, -0.2) is 4.39 Å². The number of hydrogen-bond acceptors (Lipinski definition) is 2. The summed E-state index contributed by atoms with van der Waals surface area (Å²) < 4.78 is 13.3. The van der Waals surface area contributed by atoms with Gasteiger partial charge >= 0.3 is 0 Å². The van der Waals surface area contributed by atoms with E-state index in [1.165, 1.54) is 12.1 Å². The van der Waals surface area contributed by atoms with Gasteiger partial charge in [-0.2, -0.15) is 0 Å². The zero-order chi connectivity index (χ0) is 20.5. The predicted molar refractivity (Wildman–Crippen MR) is 109 cm³/mol. The van der Waals surface area contributed by atoms with Crippen molar-refractivity contribution in [1.82, 2.24) is 10.2 Å². The van der Waals surface area contributed by atoms with Crippen LogP contribution in [-0.4, -0.2) is 29.3 Å². The maximum Gasteiger partial charge on any atom is 0.242 e. The Balaban J connectivity index is 2.26. The molecule has 2 amide bonds. The Morgan fingerprint density at radius 2 is 1.79 bits per heavy atom. The summed E-state index contributed by atoms with van der Waals surface area (Å²) in [6, 6.07) is 13.3. The first-order valence-corrected chi connectivity index (χ1v) is 9.81. The fraction of sp³-hybridized carbons (Fsp3) is 0.391. The van der Waals surface area contributed by atoms with E-state index >= 15 is 0 Å². The van der Waals surface area contributed by atoms with E-state index in [4.69, 9.17) is 0 Å². The maximum atomic E-state index is 13.3. The average Bonchev–Trinajstić information content (AvgIpc) is 2.67. The van der Waals surface area contributed by atoms with Gasteiger partial charge in [0.15, 0.2) is 0 Å². The lowest BCUT2D eigenvalue weighted by molar-refractivity contribution is -0.140. The van der Waals surface area contributed by atoms with E-state index in [1.54, 1.807) is 17.0 Å². The lowest BCUT2D eigenvalue weighted by Crippen LogP contribution is -2.49. The third kappa shape index (κ3) is 6.19. The van der Waals surface area contributed by atoms with E-state index in [1.807, 2.05) is 45.0 Å². The lowest BCUT2D eigenvalue weighted by atomic mass is 10.1. The molecule has 2 aromatic carbocycles. The molecule has 0 spiro atoms. The Morgan fingerprint density at radius 1 is 1.07 bits per heavy atom. The number of halogens is 1. The Hall–Kier alpha value is -2.69. The van der Waals surface area contributed by atoms with E-state index in [9.17, 15) is 14.0 Å². The fourth-order valence-corrected chi connectivity index (χ4v) is 3.17. The molecule has 5 heteroatoms. The standard InChI is InChI=1S/C23H29FN2O2/c1-4-13-25-23(28)21(5-2)26(16-18-9-11-20(24)12-10-18)22(27)15-19-8-6-7-17(3)14-19/h6-12,14,21H,4-5,13,15-16H2,1-3H3,(H,25,28). The van der Waals surface area contributed by atoms with Gasteiger partial charge in [-0.1, -0.05) is 55.8 Å². The highest BCUT2D eigenvalue weighted by Gasteiger charge is 2.28. The van der Waals surface area contributed by atoms with Crippen LogP contribution in [0.1, 0.15) is 43.4 Å². The van der Waals surface area contributed by atoms with Gasteiger partial charge < -0.3 is 10.2 Å². The summed E-state index contributed by atoms with van der Waals surface area (Å²) in [5.74, 6) is -0.591. The van der Waals surface area contributed by atoms with Crippen LogP contribution in [0, 0.1) is 12.7 Å². The molecule has 0 heterocycles. The average molecular weight is 384 g/mol. The minimum absolute atomic E-state index is 0.117. The molecule has 0 saturated carbocycles. The van der Waals surface area contributed by atoms with Gasteiger partial charge in [0.05, 0.1) is 6.42 Å². The van der Waals surface area contributed by atoms with Gasteiger partial charge in [-0.15, -0.1) is 0 Å². The van der Waals surface area contributed by atoms with Crippen molar-refractivity contribution in [1.29, 1.82) is 0 Å². The van der Waals surface area contributed by atoms with Crippen LogP contribution in [0.2, 0.25) is 0 Å². The SMILES string of the molecule is CCCNC(=O)C(CC)N(Cc1ccc(F)cc1)C(=O)Cc1cccc(C)c1. The second-order valence-corrected chi connectivity index (χ2v) is 7.03. The van der Waals surface area contributed by atoms with Crippen LogP contribution in [0.15, 0.2) is 48.5 Å². The Bertz CT molecular complexity index is 789. The smallest absolute Gasteiger partial charge is 0.242 e. The van der Waals surface area contributed by atoms with Crippen LogP contribution >= 0.6 is 0 Å². The van der Waals surface area contributed by atoms with Crippen molar-refractivity contribution in [3.8, 4) is 0 Å². The summed E-state index contributed by atoms with van der Waals surface area (Å²) in [6.45, 7) is 6.71. The highest BCUT2D eigenvalue weighted by Crippen LogP contribution is 2.16. The monoisotopic (exact) mass is 384 g/mol. The van der Waals surface area contributed by atoms with Crippen molar-refractivity contribution in [2.24, 2.45) is 0 Å². The molecule has 0 radical (unpaired) electrons. The van der Waals surface area contributed by atoms with Crippen molar-refractivity contribution in [3.05, 3.63) is 71.0 Å². The minimum Gasteiger partial charge on any atom is -0.354 e. The van der Waals surface area contributed by atoms with Crippen LogP contribution < -0.4 is 5.32 Å². The highest BCUT2D eigenvalue weighted by molar-refractivity contribution is 5.88. The molecule has 2 rings (SSSR count). The summed E-state index contributed by atoms with van der Waals surface area (Å²) >= 11 is 0. The van der Waals surface area contributed by atoms with Crippen molar-refractivity contribution in [2.75, 3.05) is 6.54 Å². The molecule has 1 atom stereocenters. The van der Waals surface area contributed by atoms with Crippen molar-refractivity contribution in [2.45, 2.75) is 52.6 Å². The molecule has 0 saturated heterocycles. The molecule has 0 aromatic heterocycles. The number of aryl methyl sites for hydroxylation is 1. The summed E-state index contributed by atoms with van der Waals surface area (Å²) in [7, 11) is 0. The second-order valence-electron chi connectivity index (χ2n) is 7.03. The minimum atomic E-state index is -0.561. The van der Waals surface area contributed by atoms with Crippen molar-refractivity contribution >= 4 is 11.8 Å². The summed E-state index contributed by atoms with van der Waals surface area (Å²) in [5.41, 5.74) is 2.79. The molecular formula is C23H29FN2O2. The van der Waals surface area contributed by atoms with Gasteiger partial charge in [0.2, 0.25) is 11.8 Å². The van der Waals surface area contributed by atoms with Crippen LogP contribution in [0.25, 0.3) is 0 Å². The maximum absolute atomic E-state index is 13.3. The van der Waals surface area contributed by atoms with E-state index in [2.05, 4.69) is 5.32 Å². The Kier molecular flexibility index (Phi) is 8.18. The van der Waals surface area contributed by atoms with E-state index in [0.717, 1.165) is 23.1 Å². The molecular weight excluding hydrogens is 355 g/mol. The summed E-state index contributed by atoms with van der Waals surface area (Å²) in [6.07, 6.45) is 1.56. The van der Waals surface area contributed by atoms with Gasteiger partial charge in [0, 0.05) is 13.1 Å². The quantitative estimate of drug-likeness (QED) is 0.710. The van der Waals surface area contributed by atoms with Gasteiger partial charge in [-0.05, 0) is 43.0 Å². The largest absolute Gasteiger partial charge is 0.354 e. The molecule has 0 aliphatic carbocycles. The van der Waals surface area contributed by atoms with Crippen LogP contribution in [0.3, 0.4) is 0 Å². The molecule has 2 aromatic rings. The molecule has 1 N–H and O–H groups in total. The molecule has 150 valence electrons. The summed E-state index contributed by atoms with van der Waals surface area (Å²) in [4.78, 5) is 27.4. The number of benzene rings is 2. The van der Waals surface area contributed by atoms with Crippen LogP contribution in [0.5, 0.6) is 0 Å². The van der Waals surface area contributed by atoms with Gasteiger partial charge in [-0.3, -0.25) is 9.59 Å². The summed E-state index contributed by atoms with van der Waals surface area (Å²) in [5, 5.41) is 2.89. The zero-order valence-corrected chi connectivity index (χ0v) is 16.9. The van der Waals surface area contributed by atoms with Crippen LogP contribution in [-0.2, 0) is 22.6 Å². The molecule has 0 aliphatic rings. The normalized spacial score (nSPS) is 11.7. The van der Waals surface area contributed by atoms with E-state index < -0.39 is 6.04 Å². The number of rotatable bonds is 9. The van der Waals surface area contributed by atoms with Gasteiger partial charge in [0.25, 0.3) is 0 Å². The molecule has 28 heavy (non-hydrogen) atoms. The van der Waals surface area contributed by atoms with Crippen LogP contribution in [0.4, 0.5) is 4.39 Å². The lowest BCUT2D eigenvalue weighted by Gasteiger charge is -2.31. The first kappa shape index (κ1) is 21.6. The molecule has 0 fully saturated rings. The highest BCUT2D eigenvalue weighted by atomic mass is 19.1. The molecule has 1 unspecified atom stereocenters.